The molecule has 0 saturated heterocycles. The molecule has 0 saturated carbocycles. The zero-order valence-corrected chi connectivity index (χ0v) is 16.4. The average molecular weight is 331 g/mol. The predicted octanol–water partition coefficient (Wildman–Crippen LogP) is 3.59. The average Bonchev–Trinajstić information content (AvgIpc) is 2.33. The summed E-state index contributed by atoms with van der Waals surface area (Å²) in [6, 6.07) is 0. The monoisotopic (exact) mass is 330 g/mol. The summed E-state index contributed by atoms with van der Waals surface area (Å²) in [5.74, 6) is 0. The van der Waals surface area contributed by atoms with Gasteiger partial charge in [-0.2, -0.15) is 0 Å². The molecule has 0 amide bonds. The second-order valence-corrected chi connectivity index (χ2v) is 13.3. The van der Waals surface area contributed by atoms with Gasteiger partial charge in [0.1, 0.15) is 11.2 Å². The third kappa shape index (κ3) is 3.27. The predicted molar refractivity (Wildman–Crippen MR) is 92.3 cm³/mol. The van der Waals surface area contributed by atoms with Gasteiger partial charge in [-0.3, -0.25) is 0 Å². The summed E-state index contributed by atoms with van der Waals surface area (Å²) < 4.78 is 12.1. The van der Waals surface area contributed by atoms with E-state index in [2.05, 4.69) is 41.5 Å². The smallest absolute Gasteiger partial charge is 0.200 e. The molecule has 0 aliphatic carbocycles. The Morgan fingerprint density at radius 1 is 1.05 bits per heavy atom. The lowest BCUT2D eigenvalue weighted by atomic mass is 9.80. The molecule has 0 bridgehead atoms. The first-order valence-electron chi connectivity index (χ1n) is 8.31. The third-order valence-electron chi connectivity index (χ3n) is 5.48. The lowest BCUT2D eigenvalue weighted by Crippen LogP contribution is -2.61. The van der Waals surface area contributed by atoms with Crippen LogP contribution in [0.3, 0.4) is 0 Å². The number of aliphatic hydroxyl groups is 2. The summed E-state index contributed by atoms with van der Waals surface area (Å²) in [4.78, 5) is 0. The van der Waals surface area contributed by atoms with E-state index in [9.17, 15) is 10.2 Å². The van der Waals surface area contributed by atoms with Crippen LogP contribution in [0.25, 0.3) is 0 Å². The molecule has 1 aliphatic rings. The van der Waals surface area contributed by atoms with Crippen molar-refractivity contribution in [2.24, 2.45) is 0 Å². The van der Waals surface area contributed by atoms with E-state index in [-0.39, 0.29) is 0 Å². The second-order valence-electron chi connectivity index (χ2n) is 7.85. The minimum Gasteiger partial charge on any atom is -0.493 e. The fraction of sp³-hybridized carbons (Fsp3) is 0.882. The fourth-order valence-electron chi connectivity index (χ4n) is 3.82. The highest BCUT2D eigenvalue weighted by atomic mass is 28.4. The molecule has 1 rings (SSSR count). The molecule has 0 spiro atoms. The van der Waals surface area contributed by atoms with Gasteiger partial charge in [-0.25, -0.2) is 0 Å². The molecule has 1 heterocycles. The molecule has 130 valence electrons. The normalized spacial score (nSPS) is 32.9. The van der Waals surface area contributed by atoms with Crippen molar-refractivity contribution < 1.29 is 19.4 Å². The van der Waals surface area contributed by atoms with E-state index >= 15 is 0 Å². The first-order valence-corrected chi connectivity index (χ1v) is 10.5. The van der Waals surface area contributed by atoms with Crippen LogP contribution in [-0.2, 0) is 9.16 Å². The van der Waals surface area contributed by atoms with Crippen LogP contribution in [0, 0.1) is 0 Å². The van der Waals surface area contributed by atoms with E-state index < -0.39 is 25.6 Å². The summed E-state index contributed by atoms with van der Waals surface area (Å²) >= 11 is 0. The van der Waals surface area contributed by atoms with Crippen LogP contribution in [0.4, 0.5) is 0 Å². The standard InChI is InChI=1S/C17H34O4Si/c1-12(2)22(13(3)4,14(5)6)21-11-15-17(8,19)16(7,18)9-10-20-15/h9-10,12-15,18-19H,11H2,1-8H3/t15?,16-,17-/m1/s1. The number of hydrogen-bond acceptors (Lipinski definition) is 4. The molecule has 1 aliphatic heterocycles. The maximum Gasteiger partial charge on any atom is 0.200 e. The second kappa shape index (κ2) is 6.63. The van der Waals surface area contributed by atoms with Gasteiger partial charge in [-0.15, -0.1) is 0 Å². The van der Waals surface area contributed by atoms with Gasteiger partial charge < -0.3 is 19.4 Å². The molecule has 0 fully saturated rings. The Balaban J connectivity index is 2.97. The Bertz CT molecular complexity index is 378. The molecule has 2 N–H and O–H groups in total. The molecule has 5 heteroatoms. The Morgan fingerprint density at radius 3 is 1.91 bits per heavy atom. The van der Waals surface area contributed by atoms with Crippen LogP contribution in [0.15, 0.2) is 12.3 Å². The summed E-state index contributed by atoms with van der Waals surface area (Å²) in [6.45, 7) is 16.8. The summed E-state index contributed by atoms with van der Waals surface area (Å²) in [7, 11) is -2.02. The van der Waals surface area contributed by atoms with Gasteiger partial charge in [0.2, 0.25) is 8.32 Å². The van der Waals surface area contributed by atoms with Gasteiger partial charge in [0, 0.05) is 0 Å². The van der Waals surface area contributed by atoms with Crippen molar-refractivity contribution in [3.8, 4) is 0 Å². The molecular weight excluding hydrogens is 296 g/mol. The van der Waals surface area contributed by atoms with Crippen molar-refractivity contribution in [2.45, 2.75) is 89.3 Å². The molecule has 0 aromatic rings. The Labute approximate surface area is 136 Å². The molecule has 22 heavy (non-hydrogen) atoms. The number of rotatable bonds is 6. The maximum atomic E-state index is 10.7. The SMILES string of the molecule is CC(C)[Si](OCC1OC=C[C@@](C)(O)[C@]1(C)O)(C(C)C)C(C)C. The van der Waals surface area contributed by atoms with Crippen LogP contribution in [0.2, 0.25) is 16.6 Å². The van der Waals surface area contributed by atoms with Crippen LogP contribution in [0.1, 0.15) is 55.4 Å². The minimum atomic E-state index is -2.02. The molecule has 0 aromatic heterocycles. The van der Waals surface area contributed by atoms with Crippen LogP contribution in [0.5, 0.6) is 0 Å². The van der Waals surface area contributed by atoms with Crippen molar-refractivity contribution in [3.63, 3.8) is 0 Å². The highest BCUT2D eigenvalue weighted by Gasteiger charge is 2.52. The highest BCUT2D eigenvalue weighted by Crippen LogP contribution is 2.43. The quantitative estimate of drug-likeness (QED) is 0.731. The first-order chi connectivity index (χ1) is 9.89. The third-order valence-corrected chi connectivity index (χ3v) is 11.6. The number of ether oxygens (including phenoxy) is 1. The van der Waals surface area contributed by atoms with Crippen molar-refractivity contribution >= 4 is 8.32 Å². The van der Waals surface area contributed by atoms with Gasteiger partial charge in [-0.05, 0) is 36.5 Å². The van der Waals surface area contributed by atoms with Crippen molar-refractivity contribution in [1.29, 1.82) is 0 Å². The molecule has 0 radical (unpaired) electrons. The Morgan fingerprint density at radius 2 is 1.50 bits per heavy atom. The largest absolute Gasteiger partial charge is 0.493 e. The van der Waals surface area contributed by atoms with Crippen molar-refractivity contribution in [3.05, 3.63) is 12.3 Å². The minimum absolute atomic E-state index is 0.300. The summed E-state index contributed by atoms with van der Waals surface area (Å²) in [6.07, 6.45) is 2.38. The topological polar surface area (TPSA) is 58.9 Å². The van der Waals surface area contributed by atoms with Gasteiger partial charge >= 0.3 is 0 Å². The van der Waals surface area contributed by atoms with Crippen LogP contribution in [-0.4, -0.2) is 42.4 Å². The summed E-state index contributed by atoms with van der Waals surface area (Å²) in [5, 5.41) is 21.1. The molecule has 1 unspecified atom stereocenters. The molecule has 4 nitrogen and oxygen atoms in total. The van der Waals surface area contributed by atoms with Crippen molar-refractivity contribution in [2.75, 3.05) is 6.61 Å². The lowest BCUT2D eigenvalue weighted by Gasteiger charge is -2.47. The molecule has 3 atom stereocenters. The Hall–Kier alpha value is -0.363. The highest BCUT2D eigenvalue weighted by molar-refractivity contribution is 6.77. The summed E-state index contributed by atoms with van der Waals surface area (Å²) in [5.41, 5.74) is -1.30. The van der Waals surface area contributed by atoms with Crippen molar-refractivity contribution in [1.82, 2.24) is 0 Å². The van der Waals surface area contributed by atoms with E-state index in [0.717, 1.165) is 0 Å². The van der Waals surface area contributed by atoms with Gasteiger partial charge in [-0.1, -0.05) is 41.5 Å². The van der Waals surface area contributed by atoms with E-state index in [1.165, 1.54) is 12.3 Å². The molecule has 0 aromatic carbocycles. The maximum absolute atomic E-state index is 10.7. The van der Waals surface area contributed by atoms with E-state index in [1.54, 1.807) is 13.8 Å². The van der Waals surface area contributed by atoms with E-state index in [4.69, 9.17) is 9.16 Å². The van der Waals surface area contributed by atoms with Gasteiger partial charge in [0.15, 0.2) is 6.10 Å². The van der Waals surface area contributed by atoms with Gasteiger partial charge in [0.05, 0.1) is 12.9 Å². The zero-order valence-electron chi connectivity index (χ0n) is 15.4. The fourth-order valence-corrected chi connectivity index (χ4v) is 9.26. The lowest BCUT2D eigenvalue weighted by molar-refractivity contribution is -0.186. The molecular formula is C17H34O4Si. The Kier molecular flexibility index (Phi) is 5.93. The van der Waals surface area contributed by atoms with Gasteiger partial charge in [0.25, 0.3) is 0 Å². The number of hydrogen-bond donors (Lipinski definition) is 2. The van der Waals surface area contributed by atoms with Crippen LogP contribution < -0.4 is 0 Å². The van der Waals surface area contributed by atoms with E-state index in [1.807, 2.05) is 0 Å². The zero-order chi connectivity index (χ0) is 17.3. The first kappa shape index (κ1) is 19.7. The van der Waals surface area contributed by atoms with E-state index in [0.29, 0.717) is 23.2 Å². The van der Waals surface area contributed by atoms with Crippen LogP contribution >= 0.6 is 0 Å².